The summed E-state index contributed by atoms with van der Waals surface area (Å²) in [5.41, 5.74) is 0.0591. The van der Waals surface area contributed by atoms with Crippen LogP contribution in [0.2, 0.25) is 5.02 Å². The fourth-order valence-corrected chi connectivity index (χ4v) is 4.71. The molecule has 0 unspecified atom stereocenters. The summed E-state index contributed by atoms with van der Waals surface area (Å²) in [6, 6.07) is 17.0. The first-order valence-corrected chi connectivity index (χ1v) is 9.29. The Bertz CT molecular complexity index is 1160. The van der Waals surface area contributed by atoms with Crippen molar-refractivity contribution in [3.8, 4) is 12.1 Å². The van der Waals surface area contributed by atoms with Gasteiger partial charge >= 0.3 is 0 Å². The highest BCUT2D eigenvalue weighted by atomic mass is 35.5. The van der Waals surface area contributed by atoms with Crippen molar-refractivity contribution >= 4 is 35.3 Å². The van der Waals surface area contributed by atoms with Gasteiger partial charge in [-0.25, -0.2) is 4.90 Å². The van der Waals surface area contributed by atoms with E-state index in [-0.39, 0.29) is 0 Å². The summed E-state index contributed by atoms with van der Waals surface area (Å²) in [7, 11) is 0. The molecule has 8 heteroatoms. The lowest BCUT2D eigenvalue weighted by Gasteiger charge is -2.35. The monoisotopic (exact) mass is 401 g/mol. The van der Waals surface area contributed by atoms with Crippen molar-refractivity contribution in [2.75, 3.05) is 4.90 Å². The van der Waals surface area contributed by atoms with Crippen molar-refractivity contribution in [1.29, 1.82) is 10.5 Å². The van der Waals surface area contributed by atoms with Crippen LogP contribution in [0.4, 0.5) is 5.69 Å². The highest BCUT2D eigenvalue weighted by molar-refractivity contribution is 6.31. The fraction of sp³-hybridized carbons (Fsp3) is 0.190. The second-order valence-corrected chi connectivity index (χ2v) is 7.58. The molecule has 3 aliphatic rings. The number of carbonyl (C=O) groups excluding carboxylic acids is 2. The minimum Gasteiger partial charge on any atom is -0.274 e. The quantitative estimate of drug-likeness (QED) is 0.684. The van der Waals surface area contributed by atoms with Crippen LogP contribution in [0.25, 0.3) is 0 Å². The van der Waals surface area contributed by atoms with Crippen LogP contribution in [0.1, 0.15) is 17.2 Å². The van der Waals surface area contributed by atoms with Gasteiger partial charge in [-0.1, -0.05) is 35.9 Å². The molecule has 0 N–H and O–H groups in total. The summed E-state index contributed by atoms with van der Waals surface area (Å²) in [4.78, 5) is 27.9. The number of anilines is 1. The van der Waals surface area contributed by atoms with Crippen molar-refractivity contribution in [2.45, 2.75) is 11.6 Å². The van der Waals surface area contributed by atoms with Crippen LogP contribution >= 0.6 is 11.6 Å². The number of hydrazone groups is 1. The van der Waals surface area contributed by atoms with E-state index in [1.165, 1.54) is 5.01 Å². The predicted octanol–water partition coefficient (Wildman–Crippen LogP) is 2.64. The molecule has 2 saturated heterocycles. The van der Waals surface area contributed by atoms with Gasteiger partial charge in [-0.05, 0) is 35.4 Å². The number of nitriles is 2. The molecule has 2 fully saturated rings. The summed E-state index contributed by atoms with van der Waals surface area (Å²) in [6.45, 7) is 0. The van der Waals surface area contributed by atoms with E-state index in [9.17, 15) is 20.1 Å². The van der Waals surface area contributed by atoms with Crippen LogP contribution in [-0.2, 0) is 9.59 Å². The van der Waals surface area contributed by atoms with Crippen LogP contribution in [0, 0.1) is 34.5 Å². The minimum absolute atomic E-state index is 0.364. The van der Waals surface area contributed by atoms with Crippen LogP contribution in [0.3, 0.4) is 0 Å². The van der Waals surface area contributed by atoms with E-state index in [2.05, 4.69) is 5.10 Å². The Hall–Kier alpha value is -3.68. The molecule has 7 nitrogen and oxygen atoms in total. The molecule has 29 heavy (non-hydrogen) atoms. The van der Waals surface area contributed by atoms with Gasteiger partial charge < -0.3 is 0 Å². The molecule has 0 aromatic heterocycles. The van der Waals surface area contributed by atoms with Crippen molar-refractivity contribution in [3.63, 3.8) is 0 Å². The number of nitrogens with zero attached hydrogens (tertiary/aromatic N) is 5. The predicted molar refractivity (Wildman–Crippen MR) is 103 cm³/mol. The van der Waals surface area contributed by atoms with Crippen LogP contribution < -0.4 is 4.90 Å². The molecule has 140 valence electrons. The summed E-state index contributed by atoms with van der Waals surface area (Å²) in [6.07, 6.45) is 1.56. The molecule has 3 heterocycles. The van der Waals surface area contributed by atoms with Gasteiger partial charge in [0.1, 0.15) is 18.1 Å². The van der Waals surface area contributed by atoms with Gasteiger partial charge in [0.2, 0.25) is 17.4 Å². The normalized spacial score (nSPS) is 25.8. The maximum absolute atomic E-state index is 13.4. The van der Waals surface area contributed by atoms with Gasteiger partial charge in [0.25, 0.3) is 0 Å². The number of carbonyl (C=O) groups is 2. The summed E-state index contributed by atoms with van der Waals surface area (Å²) in [5, 5.41) is 26.0. The lowest BCUT2D eigenvalue weighted by atomic mass is 9.80. The lowest BCUT2D eigenvalue weighted by Crippen LogP contribution is -2.49. The molecule has 2 aromatic carbocycles. The Morgan fingerprint density at radius 1 is 1.00 bits per heavy atom. The molecule has 0 bridgehead atoms. The standard InChI is InChI=1S/C21H12ClN5O2/c22-13-5-7-14(8-6-13)26-19(28)16-17(20(26)29)21(10-23,11-24)27-18(16)15-4-2-1-3-12(15)9-25-27/h1-9,16-18H/t16-,17-,18-/m0/s1. The van der Waals surface area contributed by atoms with E-state index < -0.39 is 35.2 Å². The molecule has 0 aliphatic carbocycles. The fourth-order valence-electron chi connectivity index (χ4n) is 4.58. The largest absolute Gasteiger partial charge is 0.274 e. The molecule has 0 spiro atoms. The first-order chi connectivity index (χ1) is 14.0. The molecule has 0 radical (unpaired) electrons. The molecule has 3 atom stereocenters. The number of imide groups is 1. The summed E-state index contributed by atoms with van der Waals surface area (Å²) >= 11 is 5.93. The first-order valence-electron chi connectivity index (χ1n) is 8.91. The average Bonchev–Trinajstić information content (AvgIpc) is 3.19. The number of amides is 2. The Kier molecular flexibility index (Phi) is 3.55. The molecular weight excluding hydrogens is 390 g/mol. The number of fused-ring (bicyclic) bond motifs is 5. The maximum Gasteiger partial charge on any atom is 0.242 e. The van der Waals surface area contributed by atoms with E-state index in [4.69, 9.17) is 11.6 Å². The van der Waals surface area contributed by atoms with Gasteiger partial charge in [-0.3, -0.25) is 14.6 Å². The van der Waals surface area contributed by atoms with E-state index in [1.807, 2.05) is 36.4 Å². The van der Waals surface area contributed by atoms with Crippen LogP contribution in [0.5, 0.6) is 0 Å². The highest BCUT2D eigenvalue weighted by Gasteiger charge is 2.71. The number of hydrogen-bond acceptors (Lipinski definition) is 6. The molecule has 0 saturated carbocycles. The number of halogens is 1. The molecule has 2 aromatic rings. The van der Waals surface area contributed by atoms with Gasteiger partial charge in [-0.2, -0.15) is 15.6 Å². The minimum atomic E-state index is -1.87. The van der Waals surface area contributed by atoms with Crippen molar-refractivity contribution < 1.29 is 9.59 Å². The Morgan fingerprint density at radius 2 is 1.69 bits per heavy atom. The molecule has 2 amide bonds. The zero-order valence-electron chi connectivity index (χ0n) is 14.9. The number of rotatable bonds is 1. The third-order valence-corrected chi connectivity index (χ3v) is 6.08. The van der Waals surface area contributed by atoms with Crippen molar-refractivity contribution in [3.05, 3.63) is 64.7 Å². The van der Waals surface area contributed by atoms with Crippen LogP contribution in [-0.4, -0.2) is 28.6 Å². The number of hydrogen-bond donors (Lipinski definition) is 0. The van der Waals surface area contributed by atoms with E-state index in [1.54, 1.807) is 30.5 Å². The molecular formula is C21H12ClN5O2. The van der Waals surface area contributed by atoms with Gasteiger partial charge in [-0.15, -0.1) is 0 Å². The first kappa shape index (κ1) is 17.4. The second kappa shape index (κ2) is 5.91. The van der Waals surface area contributed by atoms with Crippen molar-refractivity contribution in [1.82, 2.24) is 5.01 Å². The summed E-state index contributed by atoms with van der Waals surface area (Å²) in [5.74, 6) is -3.06. The SMILES string of the molecule is N#CC1(C#N)[C@@H]2C(=O)N(c3ccc(Cl)cc3)C(=O)[C@@H]2[C@@H]2c3ccccc3C=NN21. The van der Waals surface area contributed by atoms with E-state index in [0.717, 1.165) is 16.0 Å². The van der Waals surface area contributed by atoms with Crippen molar-refractivity contribution in [2.24, 2.45) is 16.9 Å². The topological polar surface area (TPSA) is 101 Å². The average molecular weight is 402 g/mol. The van der Waals surface area contributed by atoms with Crippen LogP contribution in [0.15, 0.2) is 53.6 Å². The third kappa shape index (κ3) is 2.08. The zero-order valence-corrected chi connectivity index (χ0v) is 15.6. The zero-order chi connectivity index (χ0) is 20.3. The Labute approximate surface area is 171 Å². The number of benzene rings is 2. The third-order valence-electron chi connectivity index (χ3n) is 5.83. The Balaban J connectivity index is 1.71. The summed E-state index contributed by atoms with van der Waals surface area (Å²) < 4.78 is 0. The van der Waals surface area contributed by atoms with Gasteiger partial charge in [0.15, 0.2) is 0 Å². The lowest BCUT2D eigenvalue weighted by molar-refractivity contribution is -0.124. The van der Waals surface area contributed by atoms with E-state index >= 15 is 0 Å². The van der Waals surface area contributed by atoms with Gasteiger partial charge in [0, 0.05) is 5.02 Å². The Morgan fingerprint density at radius 3 is 2.38 bits per heavy atom. The van der Waals surface area contributed by atoms with E-state index in [0.29, 0.717) is 10.7 Å². The maximum atomic E-state index is 13.4. The smallest absolute Gasteiger partial charge is 0.242 e. The highest BCUT2D eigenvalue weighted by Crippen LogP contribution is 2.56. The molecule has 3 aliphatic heterocycles. The molecule has 5 rings (SSSR count). The van der Waals surface area contributed by atoms with Gasteiger partial charge in [0.05, 0.1) is 23.9 Å². The second-order valence-electron chi connectivity index (χ2n) is 7.14.